The third-order valence-corrected chi connectivity index (χ3v) is 4.42. The third-order valence-electron chi connectivity index (χ3n) is 4.42. The Bertz CT molecular complexity index is 976. The molecule has 0 saturated carbocycles. The van der Waals surface area contributed by atoms with E-state index in [1.165, 1.54) is 0 Å². The van der Waals surface area contributed by atoms with Gasteiger partial charge < -0.3 is 5.11 Å². The van der Waals surface area contributed by atoms with Crippen molar-refractivity contribution in [3.63, 3.8) is 0 Å². The number of anilines is 1. The van der Waals surface area contributed by atoms with Crippen molar-refractivity contribution in [2.75, 3.05) is 5.43 Å². The summed E-state index contributed by atoms with van der Waals surface area (Å²) in [5.41, 5.74) is 8.59. The summed E-state index contributed by atoms with van der Waals surface area (Å²) in [5.74, 6) is -0.973. The molecular formula is C23H22N2O2. The van der Waals surface area contributed by atoms with Crippen molar-refractivity contribution in [1.29, 1.82) is 0 Å². The Balaban J connectivity index is 2.11. The van der Waals surface area contributed by atoms with E-state index >= 15 is 0 Å². The van der Waals surface area contributed by atoms with Crippen LogP contribution in [0.2, 0.25) is 0 Å². The van der Waals surface area contributed by atoms with Gasteiger partial charge in [0, 0.05) is 11.1 Å². The molecule has 0 radical (unpaired) electrons. The van der Waals surface area contributed by atoms with Gasteiger partial charge in [-0.3, -0.25) is 5.43 Å². The van der Waals surface area contributed by atoms with Crippen molar-refractivity contribution < 1.29 is 9.90 Å². The van der Waals surface area contributed by atoms with Gasteiger partial charge in [-0.2, -0.15) is 5.10 Å². The second-order valence-corrected chi connectivity index (χ2v) is 6.30. The number of para-hydroxylation sites is 1. The summed E-state index contributed by atoms with van der Waals surface area (Å²) >= 11 is 0. The number of nitrogens with zero attached hydrogens (tertiary/aromatic N) is 1. The maximum Gasteiger partial charge on any atom is 0.336 e. The number of hydrogen-bond acceptors (Lipinski definition) is 3. The predicted octanol–water partition coefficient (Wildman–Crippen LogP) is 5.12. The lowest BCUT2D eigenvalue weighted by atomic mass is 9.97. The average Bonchev–Trinajstić information content (AvgIpc) is 2.70. The van der Waals surface area contributed by atoms with Crippen molar-refractivity contribution in [3.05, 3.63) is 101 Å². The summed E-state index contributed by atoms with van der Waals surface area (Å²) in [6.45, 7) is 4.10. The number of aryl methyl sites for hydroxylation is 2. The molecule has 4 heteroatoms. The molecule has 0 bridgehead atoms. The first-order valence-electron chi connectivity index (χ1n) is 8.91. The van der Waals surface area contributed by atoms with E-state index in [0.29, 0.717) is 11.3 Å². The largest absolute Gasteiger partial charge is 0.478 e. The molecule has 0 fully saturated rings. The molecule has 0 amide bonds. The molecule has 3 rings (SSSR count). The van der Waals surface area contributed by atoms with Gasteiger partial charge >= 0.3 is 5.97 Å². The highest BCUT2D eigenvalue weighted by molar-refractivity contribution is 6.17. The number of nitrogens with one attached hydrogen (secondary N) is 1. The lowest BCUT2D eigenvalue weighted by Crippen LogP contribution is -2.12. The molecule has 0 atom stereocenters. The van der Waals surface area contributed by atoms with E-state index in [-0.39, 0.29) is 5.56 Å². The minimum atomic E-state index is -0.973. The molecule has 4 nitrogen and oxygen atoms in total. The third kappa shape index (κ3) is 4.23. The van der Waals surface area contributed by atoms with Crippen LogP contribution in [0, 0.1) is 6.92 Å². The highest BCUT2D eigenvalue weighted by atomic mass is 16.4. The van der Waals surface area contributed by atoms with Crippen molar-refractivity contribution in [2.45, 2.75) is 20.3 Å². The summed E-state index contributed by atoms with van der Waals surface area (Å²) in [6.07, 6.45) is 0.879. The Morgan fingerprint density at radius 3 is 2.22 bits per heavy atom. The fourth-order valence-corrected chi connectivity index (χ4v) is 2.92. The fraction of sp³-hybridized carbons (Fsp3) is 0.130. The monoisotopic (exact) mass is 358 g/mol. The molecule has 0 aromatic heterocycles. The maximum atomic E-state index is 11.7. The van der Waals surface area contributed by atoms with Crippen LogP contribution in [-0.4, -0.2) is 16.8 Å². The zero-order valence-electron chi connectivity index (χ0n) is 15.4. The van der Waals surface area contributed by atoms with Crippen LogP contribution < -0.4 is 5.43 Å². The molecule has 0 unspecified atom stereocenters. The normalized spacial score (nSPS) is 11.3. The van der Waals surface area contributed by atoms with Gasteiger partial charge in [0.05, 0.1) is 17.0 Å². The van der Waals surface area contributed by atoms with Crippen LogP contribution in [0.5, 0.6) is 0 Å². The van der Waals surface area contributed by atoms with Crippen LogP contribution in [0.3, 0.4) is 0 Å². The van der Waals surface area contributed by atoms with Crippen molar-refractivity contribution in [3.8, 4) is 0 Å². The molecule has 136 valence electrons. The Hall–Kier alpha value is -3.40. The number of carbonyl (C=O) groups is 1. The highest BCUT2D eigenvalue weighted by Crippen LogP contribution is 2.19. The molecule has 0 aliphatic heterocycles. The Morgan fingerprint density at radius 2 is 1.56 bits per heavy atom. The summed E-state index contributed by atoms with van der Waals surface area (Å²) in [4.78, 5) is 11.7. The number of benzene rings is 3. The molecule has 0 aliphatic carbocycles. The van der Waals surface area contributed by atoms with Gasteiger partial charge in [0.25, 0.3) is 0 Å². The molecule has 0 heterocycles. The second-order valence-electron chi connectivity index (χ2n) is 6.30. The summed E-state index contributed by atoms with van der Waals surface area (Å²) < 4.78 is 0. The number of aromatic carboxylic acids is 1. The summed E-state index contributed by atoms with van der Waals surface area (Å²) in [6, 6.07) is 22.8. The number of carboxylic acids is 1. The second kappa shape index (κ2) is 8.32. The van der Waals surface area contributed by atoms with Crippen LogP contribution >= 0.6 is 0 Å². The van der Waals surface area contributed by atoms with Gasteiger partial charge in [0.2, 0.25) is 0 Å². The van der Waals surface area contributed by atoms with Crippen molar-refractivity contribution in [2.24, 2.45) is 5.10 Å². The van der Waals surface area contributed by atoms with Gasteiger partial charge in [-0.1, -0.05) is 73.2 Å². The van der Waals surface area contributed by atoms with E-state index < -0.39 is 5.97 Å². The van der Waals surface area contributed by atoms with Crippen LogP contribution in [0.4, 0.5) is 5.69 Å². The number of carboxylic acid groups (broad SMARTS) is 1. The SMILES string of the molecule is CCc1ccccc1N/N=C(\c1ccc(C)cc1)c1ccccc1C(=O)O. The molecular weight excluding hydrogens is 336 g/mol. The average molecular weight is 358 g/mol. The molecule has 0 aliphatic rings. The topological polar surface area (TPSA) is 61.7 Å². The molecule has 3 aromatic carbocycles. The smallest absolute Gasteiger partial charge is 0.336 e. The van der Waals surface area contributed by atoms with Crippen LogP contribution in [0.1, 0.15) is 39.5 Å². The lowest BCUT2D eigenvalue weighted by Gasteiger charge is -2.13. The minimum absolute atomic E-state index is 0.224. The molecule has 2 N–H and O–H groups in total. The zero-order valence-corrected chi connectivity index (χ0v) is 15.4. The molecule has 0 spiro atoms. The summed E-state index contributed by atoms with van der Waals surface area (Å²) in [5, 5.41) is 14.2. The Kier molecular flexibility index (Phi) is 5.67. The molecule has 0 saturated heterocycles. The molecule has 3 aromatic rings. The quantitative estimate of drug-likeness (QED) is 0.475. The van der Waals surface area contributed by atoms with E-state index in [4.69, 9.17) is 0 Å². The van der Waals surface area contributed by atoms with Crippen LogP contribution in [0.25, 0.3) is 0 Å². The first-order chi connectivity index (χ1) is 13.1. The van der Waals surface area contributed by atoms with Gasteiger partial charge in [0.15, 0.2) is 0 Å². The zero-order chi connectivity index (χ0) is 19.2. The van der Waals surface area contributed by atoms with Crippen molar-refractivity contribution >= 4 is 17.4 Å². The van der Waals surface area contributed by atoms with Crippen LogP contribution in [0.15, 0.2) is 77.9 Å². The standard InChI is InChI=1S/C23H22N2O2/c1-3-17-8-4-7-11-21(17)24-25-22(18-14-12-16(2)13-15-18)19-9-5-6-10-20(19)23(26)27/h4-15,24H,3H2,1-2H3,(H,26,27)/b25-22+. The predicted molar refractivity (Wildman–Crippen MR) is 110 cm³/mol. The Morgan fingerprint density at radius 1 is 0.926 bits per heavy atom. The van der Waals surface area contributed by atoms with E-state index in [2.05, 4.69) is 23.5 Å². The van der Waals surface area contributed by atoms with Gasteiger partial charge in [-0.15, -0.1) is 0 Å². The van der Waals surface area contributed by atoms with E-state index in [1.54, 1.807) is 18.2 Å². The van der Waals surface area contributed by atoms with E-state index in [0.717, 1.165) is 28.8 Å². The van der Waals surface area contributed by atoms with Crippen LogP contribution in [-0.2, 0) is 6.42 Å². The van der Waals surface area contributed by atoms with E-state index in [1.807, 2.05) is 55.5 Å². The Labute approximate surface area is 159 Å². The van der Waals surface area contributed by atoms with E-state index in [9.17, 15) is 9.90 Å². The van der Waals surface area contributed by atoms with Gasteiger partial charge in [-0.25, -0.2) is 4.79 Å². The van der Waals surface area contributed by atoms with Gasteiger partial charge in [-0.05, 0) is 31.0 Å². The maximum absolute atomic E-state index is 11.7. The fourth-order valence-electron chi connectivity index (χ4n) is 2.92. The lowest BCUT2D eigenvalue weighted by molar-refractivity contribution is 0.0696. The number of rotatable bonds is 6. The van der Waals surface area contributed by atoms with Gasteiger partial charge in [0.1, 0.15) is 0 Å². The van der Waals surface area contributed by atoms with Crippen molar-refractivity contribution in [1.82, 2.24) is 0 Å². The first-order valence-corrected chi connectivity index (χ1v) is 8.91. The highest BCUT2D eigenvalue weighted by Gasteiger charge is 2.16. The summed E-state index contributed by atoms with van der Waals surface area (Å²) in [7, 11) is 0. The molecule has 27 heavy (non-hydrogen) atoms. The number of hydrogen-bond donors (Lipinski definition) is 2. The minimum Gasteiger partial charge on any atom is -0.478 e. The number of hydrazone groups is 1. The first kappa shape index (κ1) is 18.4.